The molecule has 245 valence electrons. The van der Waals surface area contributed by atoms with E-state index < -0.39 is 0 Å². The van der Waals surface area contributed by atoms with Crippen LogP contribution in [0.25, 0.3) is 10.8 Å². The summed E-state index contributed by atoms with van der Waals surface area (Å²) in [5, 5.41) is 66.5. The molecule has 17 heteroatoms. The van der Waals surface area contributed by atoms with E-state index in [2.05, 4.69) is 44.5 Å². The van der Waals surface area contributed by atoms with Crippen molar-refractivity contribution in [1.29, 1.82) is 0 Å². The van der Waals surface area contributed by atoms with E-state index in [1.807, 2.05) is 6.07 Å². The molecule has 0 atom stereocenters. The van der Waals surface area contributed by atoms with Crippen LogP contribution in [0.4, 0.5) is 28.4 Å². The zero-order valence-corrected chi connectivity index (χ0v) is 26.5. The van der Waals surface area contributed by atoms with Crippen LogP contribution in [0.1, 0.15) is 15.9 Å². The molecule has 14 nitrogen and oxygen atoms in total. The number of carbonyl (C=O) groups excluding carboxylic acids is 1. The second-order valence-electron chi connectivity index (χ2n) is 9.30. The molecular formula is C30H23CuN5O9S2. The second kappa shape index (κ2) is 17.0. The number of hydrogen-bond acceptors (Lipinski definition) is 15. The molecule has 0 unspecified atom stereocenters. The Bertz CT molecular complexity index is 1920. The predicted molar refractivity (Wildman–Crippen MR) is 169 cm³/mol. The summed E-state index contributed by atoms with van der Waals surface area (Å²) in [6.45, 7) is 1.74. The van der Waals surface area contributed by atoms with E-state index in [-0.39, 0.29) is 50.7 Å². The van der Waals surface area contributed by atoms with Crippen molar-refractivity contribution in [2.24, 2.45) is 20.5 Å². The molecule has 5 N–H and O–H groups in total. The van der Waals surface area contributed by atoms with E-state index in [1.165, 1.54) is 6.07 Å². The van der Waals surface area contributed by atoms with Gasteiger partial charge in [-0.15, -0.1) is 18.9 Å². The first kappa shape index (κ1) is 35.5. The van der Waals surface area contributed by atoms with Crippen molar-refractivity contribution in [3.05, 3.63) is 102 Å². The molecule has 0 aliphatic carbocycles. The quantitative estimate of drug-likeness (QED) is 0.0270. The fraction of sp³-hybridized carbons (Fsp3) is 0.0333. The summed E-state index contributed by atoms with van der Waals surface area (Å²) in [5.41, 5.74) is 2.52. The van der Waals surface area contributed by atoms with E-state index in [0.717, 1.165) is 12.0 Å². The van der Waals surface area contributed by atoms with E-state index in [0.29, 0.717) is 55.9 Å². The summed E-state index contributed by atoms with van der Waals surface area (Å²) in [6, 6.07) is 24.8. The number of nitrogens with zero attached hydrogens (tertiary/aromatic N) is 4. The molecule has 0 spiro atoms. The molecule has 1 amide bonds. The van der Waals surface area contributed by atoms with E-state index in [9.17, 15) is 15.0 Å². The number of amides is 1. The molecule has 5 aromatic carbocycles. The Balaban J connectivity index is 0.00000500. The van der Waals surface area contributed by atoms with Crippen LogP contribution in [0, 0.1) is 6.92 Å². The molecule has 0 heterocycles. The second-order valence-corrected chi connectivity index (χ2v) is 10.8. The monoisotopic (exact) mass is 724 g/mol. The van der Waals surface area contributed by atoms with Crippen molar-refractivity contribution in [2.45, 2.75) is 16.7 Å². The molecule has 5 aromatic rings. The maximum atomic E-state index is 12.6. The van der Waals surface area contributed by atoms with Crippen molar-refractivity contribution in [1.82, 2.24) is 0 Å². The summed E-state index contributed by atoms with van der Waals surface area (Å²) in [5.74, 6) is -0.828. The number of azo groups is 2. The predicted octanol–water partition coefficient (Wildman–Crippen LogP) is 9.50. The normalized spacial score (nSPS) is 11.3. The van der Waals surface area contributed by atoms with Gasteiger partial charge in [-0.1, -0.05) is 28.3 Å². The Hall–Kier alpha value is -4.39. The molecule has 0 bridgehead atoms. The first-order valence-corrected chi connectivity index (χ1v) is 14.6. The minimum atomic E-state index is -0.307. The Morgan fingerprint density at radius 3 is 2.19 bits per heavy atom. The molecule has 0 aliphatic heterocycles. The van der Waals surface area contributed by atoms with Crippen LogP contribution >= 0.6 is 24.1 Å². The summed E-state index contributed by atoms with van der Waals surface area (Å²) < 4.78 is 8.99. The van der Waals surface area contributed by atoms with Crippen LogP contribution in [-0.4, -0.2) is 26.6 Å². The maximum Gasteiger partial charge on any atom is 0.255 e. The van der Waals surface area contributed by atoms with Gasteiger partial charge in [-0.25, -0.2) is 10.5 Å². The summed E-state index contributed by atoms with van der Waals surface area (Å²) in [4.78, 5) is 13.5. The SMILES string of the molecule is Cc1cc(N=Nc2c(SOOO)cc3cc(NC(=O)c4ccccc4)ccc3c2O)c(O)cc1N=Nc1ccc(SOOO)cc1.[Cu]. The molecule has 1 radical (unpaired) electrons. The Labute approximate surface area is 285 Å². The zero-order chi connectivity index (χ0) is 32.5. The van der Waals surface area contributed by atoms with Gasteiger partial charge in [0.25, 0.3) is 5.91 Å². The zero-order valence-electron chi connectivity index (χ0n) is 23.9. The van der Waals surface area contributed by atoms with Gasteiger partial charge in [-0.05, 0) is 84.6 Å². The molecule has 0 aliphatic rings. The van der Waals surface area contributed by atoms with E-state index in [1.54, 1.807) is 85.8 Å². The molecular weight excluding hydrogens is 702 g/mol. The number of aromatic hydroxyl groups is 2. The number of nitrogens with one attached hydrogen (secondary N) is 1. The van der Waals surface area contributed by atoms with Crippen molar-refractivity contribution in [2.75, 3.05) is 5.32 Å². The van der Waals surface area contributed by atoms with Crippen LogP contribution in [0.2, 0.25) is 0 Å². The number of hydrogen-bond donors (Lipinski definition) is 5. The molecule has 0 saturated heterocycles. The standard InChI is InChI=1S/C30H23N5O9S2.Cu/c1-17-13-25(26(36)16-24(17)33-32-20-7-10-22(11-8-20)45-43-41-39)34-35-28-27(46-44-42-40)15-19-14-21(9-12-23(19)29(28)37)31-30(38)18-5-3-2-4-6-18;/h2-16,36-37,39-40H,1H3,(H,31,38);. The third-order valence-electron chi connectivity index (χ3n) is 6.32. The van der Waals surface area contributed by atoms with Crippen molar-refractivity contribution < 1.29 is 61.3 Å². The molecule has 47 heavy (non-hydrogen) atoms. The Morgan fingerprint density at radius 2 is 1.47 bits per heavy atom. The minimum Gasteiger partial charge on any atom is -0.506 e. The van der Waals surface area contributed by atoms with Gasteiger partial charge in [0.2, 0.25) is 0 Å². The first-order valence-electron chi connectivity index (χ1n) is 13.1. The number of rotatable bonds is 12. The number of phenols is 2. The van der Waals surface area contributed by atoms with E-state index >= 15 is 0 Å². The number of phenolic OH excluding ortho intramolecular Hbond substituents is 2. The summed E-state index contributed by atoms with van der Waals surface area (Å²) >= 11 is 1.37. The molecule has 0 aromatic heterocycles. The van der Waals surface area contributed by atoms with Crippen LogP contribution in [-0.2, 0) is 35.8 Å². The van der Waals surface area contributed by atoms with Gasteiger partial charge in [0.15, 0.2) is 5.75 Å². The number of fused-ring (bicyclic) bond motifs is 1. The van der Waals surface area contributed by atoms with Crippen molar-refractivity contribution in [3.63, 3.8) is 0 Å². The fourth-order valence-electron chi connectivity index (χ4n) is 4.13. The van der Waals surface area contributed by atoms with Crippen LogP contribution < -0.4 is 5.32 Å². The van der Waals surface area contributed by atoms with Gasteiger partial charge in [0.05, 0.1) is 40.4 Å². The Morgan fingerprint density at radius 1 is 0.766 bits per heavy atom. The minimum absolute atomic E-state index is 0. The van der Waals surface area contributed by atoms with E-state index in [4.69, 9.17) is 10.5 Å². The number of anilines is 1. The smallest absolute Gasteiger partial charge is 0.255 e. The molecule has 5 rings (SSSR count). The first-order chi connectivity index (χ1) is 22.4. The van der Waals surface area contributed by atoms with Crippen molar-refractivity contribution >= 4 is 69.2 Å². The van der Waals surface area contributed by atoms with Gasteiger partial charge in [0, 0.05) is 44.7 Å². The number of benzene rings is 5. The van der Waals surface area contributed by atoms with Crippen LogP contribution in [0.15, 0.2) is 121 Å². The maximum absolute atomic E-state index is 12.6. The molecule has 0 fully saturated rings. The van der Waals surface area contributed by atoms with Crippen LogP contribution in [0.5, 0.6) is 11.5 Å². The van der Waals surface area contributed by atoms with Crippen molar-refractivity contribution in [3.8, 4) is 11.5 Å². The number of aryl methyl sites for hydroxylation is 1. The van der Waals surface area contributed by atoms with Gasteiger partial charge < -0.3 is 15.5 Å². The Kier molecular flexibility index (Phi) is 12.8. The van der Waals surface area contributed by atoms with Gasteiger partial charge >= 0.3 is 0 Å². The fourth-order valence-corrected chi connectivity index (χ4v) is 4.98. The third-order valence-corrected chi connectivity index (χ3v) is 7.53. The summed E-state index contributed by atoms with van der Waals surface area (Å²) in [7, 11) is 0. The number of carbonyl (C=O) groups is 1. The van der Waals surface area contributed by atoms with Gasteiger partial charge in [-0.3, -0.25) is 4.79 Å². The largest absolute Gasteiger partial charge is 0.506 e. The van der Waals surface area contributed by atoms with Gasteiger partial charge in [0.1, 0.15) is 17.1 Å². The summed E-state index contributed by atoms with van der Waals surface area (Å²) in [6.07, 6.45) is 0. The topological polar surface area (TPSA) is 196 Å². The average molecular weight is 725 g/mol. The average Bonchev–Trinajstić information content (AvgIpc) is 3.07. The van der Waals surface area contributed by atoms with Gasteiger partial charge in [-0.2, -0.15) is 10.2 Å². The van der Waals surface area contributed by atoms with Crippen LogP contribution in [0.3, 0.4) is 0 Å². The molecule has 0 saturated carbocycles. The third kappa shape index (κ3) is 9.12.